The predicted octanol–water partition coefficient (Wildman–Crippen LogP) is 2.66. The van der Waals surface area contributed by atoms with Gasteiger partial charge in [0.25, 0.3) is 0 Å². The molecule has 0 aromatic rings. The highest BCUT2D eigenvalue weighted by Gasteiger charge is 2.23. The molecular weight excluding hydrogens is 196 g/mol. The molecule has 0 aromatic heterocycles. The van der Waals surface area contributed by atoms with Crippen LogP contribution in [0.1, 0.15) is 40.5 Å². The maximum atomic E-state index is 3.89. The summed E-state index contributed by atoms with van der Waals surface area (Å²) in [6.45, 7) is 16.4. The van der Waals surface area contributed by atoms with E-state index in [1.165, 1.54) is 25.9 Å². The molecule has 0 aliphatic carbocycles. The van der Waals surface area contributed by atoms with E-state index in [0.29, 0.717) is 6.04 Å². The molecule has 1 saturated heterocycles. The van der Waals surface area contributed by atoms with E-state index < -0.39 is 0 Å². The Balaban J connectivity index is 2.36. The fourth-order valence-electron chi connectivity index (χ4n) is 2.23. The second-order valence-corrected chi connectivity index (χ2v) is 6.11. The molecular formula is C14H28N2. The molecule has 0 saturated carbocycles. The molecule has 2 atom stereocenters. The lowest BCUT2D eigenvalue weighted by atomic mass is 9.95. The Morgan fingerprint density at radius 3 is 2.75 bits per heavy atom. The van der Waals surface area contributed by atoms with Gasteiger partial charge in [0.15, 0.2) is 0 Å². The molecule has 94 valence electrons. The summed E-state index contributed by atoms with van der Waals surface area (Å²) in [5.74, 6) is 0.801. The van der Waals surface area contributed by atoms with Crippen LogP contribution < -0.4 is 5.32 Å². The second-order valence-electron chi connectivity index (χ2n) is 6.11. The molecule has 0 bridgehead atoms. The van der Waals surface area contributed by atoms with Crippen molar-refractivity contribution in [3.05, 3.63) is 12.7 Å². The van der Waals surface area contributed by atoms with Gasteiger partial charge in [-0.2, -0.15) is 0 Å². The first-order valence-electron chi connectivity index (χ1n) is 6.54. The van der Waals surface area contributed by atoms with E-state index in [1.807, 2.05) is 0 Å². The normalized spacial score (nSPS) is 25.4. The van der Waals surface area contributed by atoms with Gasteiger partial charge < -0.3 is 5.32 Å². The Labute approximate surface area is 101 Å². The largest absolute Gasteiger partial charge is 0.312 e. The molecule has 2 nitrogen and oxygen atoms in total. The minimum Gasteiger partial charge on any atom is -0.312 e. The maximum absolute atomic E-state index is 3.89. The summed E-state index contributed by atoms with van der Waals surface area (Å²) in [5, 5.41) is 3.62. The third-order valence-corrected chi connectivity index (χ3v) is 3.39. The lowest BCUT2D eigenvalue weighted by molar-refractivity contribution is 0.146. The summed E-state index contributed by atoms with van der Waals surface area (Å²) in [6, 6.07) is 0.525. The van der Waals surface area contributed by atoms with Crippen molar-refractivity contribution < 1.29 is 0 Å². The van der Waals surface area contributed by atoms with Crippen LogP contribution in [-0.4, -0.2) is 36.1 Å². The van der Waals surface area contributed by atoms with Gasteiger partial charge in [-0.25, -0.2) is 0 Å². The van der Waals surface area contributed by atoms with Gasteiger partial charge in [0.2, 0.25) is 0 Å². The molecule has 1 aliphatic rings. The highest BCUT2D eigenvalue weighted by atomic mass is 15.2. The first-order chi connectivity index (χ1) is 7.42. The third-order valence-electron chi connectivity index (χ3n) is 3.39. The number of likely N-dealkylation sites (tertiary alicyclic amines) is 1. The van der Waals surface area contributed by atoms with Crippen molar-refractivity contribution >= 4 is 0 Å². The van der Waals surface area contributed by atoms with Gasteiger partial charge in [0.1, 0.15) is 0 Å². The number of hydrogen-bond donors (Lipinski definition) is 1. The van der Waals surface area contributed by atoms with Crippen molar-refractivity contribution in [2.24, 2.45) is 5.92 Å². The summed E-state index contributed by atoms with van der Waals surface area (Å²) in [7, 11) is 0. The van der Waals surface area contributed by atoms with Gasteiger partial charge in [0.05, 0.1) is 0 Å². The van der Waals surface area contributed by atoms with Crippen LogP contribution in [0.4, 0.5) is 0 Å². The van der Waals surface area contributed by atoms with E-state index in [4.69, 9.17) is 0 Å². The lowest BCUT2D eigenvalue weighted by Gasteiger charge is -2.37. The number of nitrogens with one attached hydrogen (secondary N) is 1. The molecule has 0 amide bonds. The fraction of sp³-hybridized carbons (Fsp3) is 0.857. The molecule has 1 fully saturated rings. The summed E-state index contributed by atoms with van der Waals surface area (Å²) < 4.78 is 0. The highest BCUT2D eigenvalue weighted by Crippen LogP contribution is 2.18. The van der Waals surface area contributed by atoms with E-state index in [-0.39, 0.29) is 5.54 Å². The van der Waals surface area contributed by atoms with Crippen LogP contribution in [-0.2, 0) is 0 Å². The van der Waals surface area contributed by atoms with Gasteiger partial charge >= 0.3 is 0 Å². The van der Waals surface area contributed by atoms with Crippen molar-refractivity contribution in [1.82, 2.24) is 10.2 Å². The molecule has 0 aromatic carbocycles. The molecule has 0 spiro atoms. The second kappa shape index (κ2) is 5.83. The minimum absolute atomic E-state index is 0.242. The molecule has 0 radical (unpaired) electrons. The maximum Gasteiger partial charge on any atom is 0.0247 e. The first kappa shape index (κ1) is 13.7. The average Bonchev–Trinajstić information content (AvgIpc) is 2.25. The number of piperidine rings is 1. The van der Waals surface area contributed by atoms with Gasteiger partial charge in [0, 0.05) is 18.1 Å². The molecule has 16 heavy (non-hydrogen) atoms. The van der Waals surface area contributed by atoms with Crippen LogP contribution in [0, 0.1) is 5.92 Å². The summed E-state index contributed by atoms with van der Waals surface area (Å²) in [5.41, 5.74) is 0.242. The van der Waals surface area contributed by atoms with Crippen LogP contribution >= 0.6 is 0 Å². The SMILES string of the molecule is C=CC(C)N1CCCC(CNC(C)(C)C)C1. The first-order valence-corrected chi connectivity index (χ1v) is 6.54. The Kier molecular flexibility index (Phi) is 5.00. The molecule has 2 heteroatoms. The smallest absolute Gasteiger partial charge is 0.0247 e. The minimum atomic E-state index is 0.242. The van der Waals surface area contributed by atoms with Crippen molar-refractivity contribution in [1.29, 1.82) is 0 Å². The lowest BCUT2D eigenvalue weighted by Crippen LogP contribution is -2.46. The Bertz CT molecular complexity index is 217. The zero-order valence-electron chi connectivity index (χ0n) is 11.4. The van der Waals surface area contributed by atoms with E-state index in [2.05, 4.69) is 50.6 Å². The van der Waals surface area contributed by atoms with Gasteiger partial charge in [-0.1, -0.05) is 6.08 Å². The number of hydrogen-bond acceptors (Lipinski definition) is 2. The zero-order valence-corrected chi connectivity index (χ0v) is 11.4. The van der Waals surface area contributed by atoms with Crippen molar-refractivity contribution in [2.45, 2.75) is 52.1 Å². The molecule has 2 unspecified atom stereocenters. The van der Waals surface area contributed by atoms with Crippen LogP contribution in [0.5, 0.6) is 0 Å². The van der Waals surface area contributed by atoms with E-state index in [0.717, 1.165) is 12.5 Å². The Morgan fingerprint density at radius 1 is 1.50 bits per heavy atom. The van der Waals surface area contributed by atoms with Crippen molar-refractivity contribution in [3.63, 3.8) is 0 Å². The fourth-order valence-corrected chi connectivity index (χ4v) is 2.23. The van der Waals surface area contributed by atoms with Crippen LogP contribution in [0.2, 0.25) is 0 Å². The number of nitrogens with zero attached hydrogens (tertiary/aromatic N) is 1. The third kappa shape index (κ3) is 4.67. The van der Waals surface area contributed by atoms with Crippen LogP contribution in [0.25, 0.3) is 0 Å². The quantitative estimate of drug-likeness (QED) is 0.739. The van der Waals surface area contributed by atoms with Crippen LogP contribution in [0.3, 0.4) is 0 Å². The van der Waals surface area contributed by atoms with Gasteiger partial charge in [-0.05, 0) is 59.5 Å². The summed E-state index contributed by atoms with van der Waals surface area (Å²) >= 11 is 0. The highest BCUT2D eigenvalue weighted by molar-refractivity contribution is 4.88. The molecule has 1 N–H and O–H groups in total. The molecule has 1 heterocycles. The van der Waals surface area contributed by atoms with E-state index >= 15 is 0 Å². The Hall–Kier alpha value is -0.340. The van der Waals surface area contributed by atoms with E-state index in [1.54, 1.807) is 0 Å². The van der Waals surface area contributed by atoms with Gasteiger partial charge in [-0.3, -0.25) is 4.90 Å². The Morgan fingerprint density at radius 2 is 2.19 bits per heavy atom. The number of rotatable bonds is 4. The molecule has 1 rings (SSSR count). The molecule has 1 aliphatic heterocycles. The predicted molar refractivity (Wildman–Crippen MR) is 71.7 cm³/mol. The monoisotopic (exact) mass is 224 g/mol. The zero-order chi connectivity index (χ0) is 12.2. The summed E-state index contributed by atoms with van der Waals surface area (Å²) in [4.78, 5) is 2.55. The summed E-state index contributed by atoms with van der Waals surface area (Å²) in [6.07, 6.45) is 4.75. The average molecular weight is 224 g/mol. The van der Waals surface area contributed by atoms with Gasteiger partial charge in [-0.15, -0.1) is 6.58 Å². The van der Waals surface area contributed by atoms with Crippen molar-refractivity contribution in [2.75, 3.05) is 19.6 Å². The standard InChI is InChI=1S/C14H28N2/c1-6-12(2)16-9-7-8-13(11-16)10-15-14(3,4)5/h6,12-13,15H,1,7-11H2,2-5H3. The van der Waals surface area contributed by atoms with Crippen LogP contribution in [0.15, 0.2) is 12.7 Å². The topological polar surface area (TPSA) is 15.3 Å². The van der Waals surface area contributed by atoms with E-state index in [9.17, 15) is 0 Å². The van der Waals surface area contributed by atoms with Crippen molar-refractivity contribution in [3.8, 4) is 0 Å².